The summed E-state index contributed by atoms with van der Waals surface area (Å²) in [5, 5.41) is 28.8. The predicted octanol–water partition coefficient (Wildman–Crippen LogP) is 5.01. The number of carboxylic acid groups (broad SMARTS) is 2. The molecule has 1 aliphatic heterocycles. The third-order valence-corrected chi connectivity index (χ3v) is 4.64. The molecule has 182 valence electrons. The number of alkyl halides is 1. The van der Waals surface area contributed by atoms with Crippen LogP contribution in [0, 0.1) is 0 Å². The number of rotatable bonds is 16. The highest BCUT2D eigenvalue weighted by molar-refractivity contribution is 6.26. The Morgan fingerprint density at radius 2 is 1.68 bits per heavy atom. The van der Waals surface area contributed by atoms with Crippen molar-refractivity contribution < 1.29 is 24.9 Å². The number of nitrogens with one attached hydrogen (secondary N) is 1. The van der Waals surface area contributed by atoms with E-state index in [0.29, 0.717) is 6.42 Å². The smallest absolute Gasteiger partial charge is 0.318 e. The fraction of sp³-hybridized carbons (Fsp3) is 0.783. The quantitative estimate of drug-likeness (QED) is 0.145. The van der Waals surface area contributed by atoms with E-state index < -0.39 is 11.9 Å². The number of halogens is 1. The predicted molar refractivity (Wildman–Crippen MR) is 128 cm³/mol. The molecule has 1 unspecified atom stereocenters. The number of aliphatic hydroxyl groups is 1. The van der Waals surface area contributed by atoms with E-state index in [4.69, 9.17) is 21.8 Å². The number of allylic oxidation sites excluding steroid dienone is 1. The van der Waals surface area contributed by atoms with Crippen LogP contribution in [-0.4, -0.2) is 58.7 Å². The van der Waals surface area contributed by atoms with Gasteiger partial charge in [-0.05, 0) is 32.1 Å². The van der Waals surface area contributed by atoms with Crippen molar-refractivity contribution >= 4 is 29.9 Å². The number of hydrogen-bond donors (Lipinski definition) is 4. The number of carbonyl (C=O) groups is 2. The molecule has 0 aromatic heterocycles. The van der Waals surface area contributed by atoms with E-state index in [1.807, 2.05) is 0 Å². The van der Waals surface area contributed by atoms with Crippen molar-refractivity contribution in [2.75, 3.05) is 19.0 Å². The number of aliphatic carboxylic acids is 2. The highest BCUT2D eigenvalue weighted by Crippen LogP contribution is 2.10. The Hall–Kier alpha value is -1.60. The van der Waals surface area contributed by atoms with Gasteiger partial charge in [-0.3, -0.25) is 14.6 Å². The first-order valence-electron chi connectivity index (χ1n) is 11.5. The van der Waals surface area contributed by atoms with E-state index in [-0.39, 0.29) is 12.0 Å². The van der Waals surface area contributed by atoms with Gasteiger partial charge in [0.2, 0.25) is 0 Å². The molecular formula is C23H43ClN2O5. The zero-order valence-corrected chi connectivity index (χ0v) is 19.9. The summed E-state index contributed by atoms with van der Waals surface area (Å²) < 4.78 is 0. The summed E-state index contributed by atoms with van der Waals surface area (Å²) in [5.41, 5.74) is 0. The van der Waals surface area contributed by atoms with Gasteiger partial charge in [-0.1, -0.05) is 64.0 Å². The molecule has 0 saturated carbocycles. The number of aliphatic imine (C=N–C) groups is 1. The lowest BCUT2D eigenvalue weighted by atomic mass is 10.1. The van der Waals surface area contributed by atoms with Crippen LogP contribution in [0.1, 0.15) is 90.4 Å². The lowest BCUT2D eigenvalue weighted by molar-refractivity contribution is -0.137. The first kappa shape index (κ1) is 31.6. The minimum Gasteiger partial charge on any atom is -0.481 e. The van der Waals surface area contributed by atoms with E-state index in [0.717, 1.165) is 64.5 Å². The molecule has 0 radical (unpaired) electrons. The van der Waals surface area contributed by atoms with Crippen LogP contribution in [0.3, 0.4) is 0 Å². The zero-order chi connectivity index (χ0) is 23.6. The fourth-order valence-corrected chi connectivity index (χ4v) is 2.69. The van der Waals surface area contributed by atoms with E-state index in [1.165, 1.54) is 25.7 Å². The van der Waals surface area contributed by atoms with Crippen molar-refractivity contribution in [3.63, 3.8) is 0 Å². The molecule has 0 spiro atoms. The molecule has 1 aliphatic rings. The van der Waals surface area contributed by atoms with Gasteiger partial charge in [0.1, 0.15) is 5.88 Å². The topological polar surface area (TPSA) is 119 Å². The average Bonchev–Trinajstić information content (AvgIpc) is 3.33. The van der Waals surface area contributed by atoms with Gasteiger partial charge in [-0.25, -0.2) is 0 Å². The summed E-state index contributed by atoms with van der Waals surface area (Å²) in [6.45, 7) is 4.19. The molecule has 7 nitrogen and oxygen atoms in total. The van der Waals surface area contributed by atoms with Gasteiger partial charge in [-0.2, -0.15) is 0 Å². The zero-order valence-electron chi connectivity index (χ0n) is 19.1. The Morgan fingerprint density at radius 1 is 1.03 bits per heavy atom. The summed E-state index contributed by atoms with van der Waals surface area (Å²) in [6.07, 6.45) is 19.1. The Kier molecular flexibility index (Phi) is 26.9. The van der Waals surface area contributed by atoms with Crippen molar-refractivity contribution in [3.05, 3.63) is 12.2 Å². The van der Waals surface area contributed by atoms with Crippen LogP contribution >= 0.6 is 11.6 Å². The standard InChI is InChI=1S/C18H34O3.C3H6N2.C2H3ClO2/c1-2-3-4-11-14-17(19)15-12-9-7-5-6-8-10-13-16-18(20)21;1-2-5-3-4-1;3-1-2(4)5/h9,12,17,19H,2-8,10-11,13-16H2,1H3,(H,20,21);3H,1-2H2,(H,4,5);1H2,(H,4,5)/b12-9-;;. The van der Waals surface area contributed by atoms with Crippen molar-refractivity contribution in [2.24, 2.45) is 4.99 Å². The lowest BCUT2D eigenvalue weighted by Crippen LogP contribution is -2.04. The maximum atomic E-state index is 10.3. The van der Waals surface area contributed by atoms with Gasteiger partial charge < -0.3 is 20.6 Å². The van der Waals surface area contributed by atoms with Crippen molar-refractivity contribution in [2.45, 2.75) is 96.5 Å². The molecule has 0 bridgehead atoms. The third kappa shape index (κ3) is 33.2. The van der Waals surface area contributed by atoms with Gasteiger partial charge >= 0.3 is 11.9 Å². The first-order valence-corrected chi connectivity index (χ1v) is 12.0. The van der Waals surface area contributed by atoms with Gasteiger partial charge in [0.05, 0.1) is 19.0 Å². The molecule has 8 heteroatoms. The summed E-state index contributed by atoms with van der Waals surface area (Å²) in [4.78, 5) is 23.4. The molecule has 0 saturated heterocycles. The van der Waals surface area contributed by atoms with E-state index in [1.54, 1.807) is 6.34 Å². The van der Waals surface area contributed by atoms with Crippen molar-refractivity contribution in [1.29, 1.82) is 0 Å². The molecule has 1 heterocycles. The fourth-order valence-electron chi connectivity index (χ4n) is 2.69. The molecule has 0 aromatic rings. The number of aliphatic hydroxyl groups excluding tert-OH is 1. The highest BCUT2D eigenvalue weighted by atomic mass is 35.5. The van der Waals surface area contributed by atoms with Crippen LogP contribution in [0.25, 0.3) is 0 Å². The Bertz CT molecular complexity index is 467. The van der Waals surface area contributed by atoms with Crippen LogP contribution < -0.4 is 5.32 Å². The molecule has 31 heavy (non-hydrogen) atoms. The summed E-state index contributed by atoms with van der Waals surface area (Å²) in [6, 6.07) is 0. The van der Waals surface area contributed by atoms with Gasteiger partial charge in [0.25, 0.3) is 0 Å². The molecule has 0 aliphatic carbocycles. The Labute approximate surface area is 193 Å². The Balaban J connectivity index is 0. The van der Waals surface area contributed by atoms with Crippen LogP contribution in [-0.2, 0) is 9.59 Å². The van der Waals surface area contributed by atoms with Gasteiger partial charge in [0, 0.05) is 13.0 Å². The number of hydrogen-bond acceptors (Lipinski definition) is 5. The average molecular weight is 463 g/mol. The van der Waals surface area contributed by atoms with Crippen molar-refractivity contribution in [3.8, 4) is 0 Å². The molecule has 1 atom stereocenters. The lowest BCUT2D eigenvalue weighted by Gasteiger charge is -2.07. The second-order valence-electron chi connectivity index (χ2n) is 7.43. The second kappa shape index (κ2) is 26.4. The number of unbranched alkanes of at least 4 members (excludes halogenated alkanes) is 8. The van der Waals surface area contributed by atoms with Crippen LogP contribution in [0.5, 0.6) is 0 Å². The van der Waals surface area contributed by atoms with Gasteiger partial charge in [0.15, 0.2) is 0 Å². The molecule has 0 aromatic carbocycles. The van der Waals surface area contributed by atoms with Crippen LogP contribution in [0.4, 0.5) is 0 Å². The first-order chi connectivity index (χ1) is 14.9. The molecule has 4 N–H and O–H groups in total. The monoisotopic (exact) mass is 462 g/mol. The summed E-state index contributed by atoms with van der Waals surface area (Å²) in [7, 11) is 0. The maximum Gasteiger partial charge on any atom is 0.318 e. The minimum atomic E-state index is -0.980. The van der Waals surface area contributed by atoms with Crippen molar-refractivity contribution in [1.82, 2.24) is 5.32 Å². The molecular weight excluding hydrogens is 420 g/mol. The molecule has 1 rings (SSSR count). The summed E-state index contributed by atoms with van der Waals surface area (Å²) in [5.74, 6) is -1.97. The number of carboxylic acids is 2. The highest BCUT2D eigenvalue weighted by Gasteiger charge is 2.00. The largest absolute Gasteiger partial charge is 0.481 e. The van der Waals surface area contributed by atoms with Crippen LogP contribution in [0.2, 0.25) is 0 Å². The van der Waals surface area contributed by atoms with Gasteiger partial charge in [-0.15, -0.1) is 11.6 Å². The third-order valence-electron chi connectivity index (χ3n) is 4.41. The minimum absolute atomic E-state index is 0.172. The van der Waals surface area contributed by atoms with E-state index in [9.17, 15) is 14.7 Å². The summed E-state index contributed by atoms with van der Waals surface area (Å²) >= 11 is 4.74. The molecule has 0 fully saturated rings. The normalized spacial score (nSPS) is 13.0. The SMILES string of the molecule is C1=NCCN1.CCCCCCC(O)C/C=C\CCCCCCCC(=O)O.O=C(O)CCl. The maximum absolute atomic E-state index is 10.3. The van der Waals surface area contributed by atoms with Crippen LogP contribution in [0.15, 0.2) is 17.1 Å². The second-order valence-corrected chi connectivity index (χ2v) is 7.69. The van der Waals surface area contributed by atoms with E-state index in [2.05, 4.69) is 29.4 Å². The van der Waals surface area contributed by atoms with E-state index >= 15 is 0 Å². The molecule has 0 amide bonds. The Morgan fingerprint density at radius 3 is 2.19 bits per heavy atom. The number of nitrogens with zero attached hydrogens (tertiary/aromatic N) is 1.